The molecule has 0 unspecified atom stereocenters. The third-order valence-electron chi connectivity index (χ3n) is 3.49. The van der Waals surface area contributed by atoms with Gasteiger partial charge < -0.3 is 14.2 Å². The number of benzene rings is 1. The van der Waals surface area contributed by atoms with E-state index in [2.05, 4.69) is 15.5 Å². The molecule has 1 aromatic carbocycles. The second kappa shape index (κ2) is 6.92. The van der Waals surface area contributed by atoms with Crippen LogP contribution in [0.2, 0.25) is 0 Å². The molecular formula is C17H17N3O3S. The quantitative estimate of drug-likeness (QED) is 0.706. The van der Waals surface area contributed by atoms with Gasteiger partial charge in [-0.25, -0.2) is 0 Å². The van der Waals surface area contributed by atoms with Crippen molar-refractivity contribution >= 4 is 23.4 Å². The van der Waals surface area contributed by atoms with Gasteiger partial charge in [-0.15, -0.1) is 10.2 Å². The van der Waals surface area contributed by atoms with E-state index in [-0.39, 0.29) is 11.7 Å². The van der Waals surface area contributed by atoms with Gasteiger partial charge in [0.1, 0.15) is 5.76 Å². The summed E-state index contributed by atoms with van der Waals surface area (Å²) >= 11 is 1.20. The third-order valence-corrected chi connectivity index (χ3v) is 4.31. The molecule has 1 N–H and O–H groups in total. The summed E-state index contributed by atoms with van der Waals surface area (Å²) in [6.07, 6.45) is 1.57. The van der Waals surface area contributed by atoms with Gasteiger partial charge in [-0.1, -0.05) is 23.9 Å². The summed E-state index contributed by atoms with van der Waals surface area (Å²) < 4.78 is 10.8. The van der Waals surface area contributed by atoms with Crippen molar-refractivity contribution in [2.75, 3.05) is 11.1 Å². The average Bonchev–Trinajstić information content (AvgIpc) is 3.17. The van der Waals surface area contributed by atoms with E-state index in [0.717, 1.165) is 22.4 Å². The fraction of sp³-hybridized carbons (Fsp3) is 0.235. The van der Waals surface area contributed by atoms with E-state index in [4.69, 9.17) is 8.83 Å². The normalized spacial score (nSPS) is 10.8. The van der Waals surface area contributed by atoms with Crippen molar-refractivity contribution in [3.05, 3.63) is 47.4 Å². The summed E-state index contributed by atoms with van der Waals surface area (Å²) in [5.74, 6) is 1.17. The molecule has 0 aliphatic carbocycles. The van der Waals surface area contributed by atoms with E-state index in [1.807, 2.05) is 39.0 Å². The van der Waals surface area contributed by atoms with E-state index >= 15 is 0 Å². The first-order valence-electron chi connectivity index (χ1n) is 7.41. The number of amides is 1. The molecule has 3 rings (SSSR count). The molecule has 0 saturated carbocycles. The zero-order valence-electron chi connectivity index (χ0n) is 13.6. The van der Waals surface area contributed by atoms with Crippen molar-refractivity contribution in [2.45, 2.75) is 26.0 Å². The Morgan fingerprint density at radius 3 is 2.79 bits per heavy atom. The molecule has 7 heteroatoms. The van der Waals surface area contributed by atoms with E-state index in [1.165, 1.54) is 11.8 Å². The summed E-state index contributed by atoms with van der Waals surface area (Å²) in [5.41, 5.74) is 3.70. The molecule has 0 aliphatic rings. The molecule has 0 fully saturated rings. The highest BCUT2D eigenvalue weighted by Crippen LogP contribution is 2.26. The third kappa shape index (κ3) is 3.68. The lowest BCUT2D eigenvalue weighted by Crippen LogP contribution is -2.14. The molecule has 24 heavy (non-hydrogen) atoms. The Morgan fingerprint density at radius 1 is 1.21 bits per heavy atom. The van der Waals surface area contributed by atoms with Gasteiger partial charge in [-0.2, -0.15) is 0 Å². The number of nitrogens with one attached hydrogen (secondary N) is 1. The largest absolute Gasteiger partial charge is 0.469 e. The van der Waals surface area contributed by atoms with Gasteiger partial charge in [0.25, 0.3) is 11.1 Å². The molecule has 2 aromatic heterocycles. The number of furan rings is 1. The number of aromatic nitrogens is 2. The lowest BCUT2D eigenvalue weighted by Gasteiger charge is -2.08. The first-order chi connectivity index (χ1) is 11.5. The maximum Gasteiger partial charge on any atom is 0.277 e. The van der Waals surface area contributed by atoms with Gasteiger partial charge in [-0.05, 0) is 44.0 Å². The lowest BCUT2D eigenvalue weighted by molar-refractivity contribution is -0.113. The maximum atomic E-state index is 12.1. The van der Waals surface area contributed by atoms with Gasteiger partial charge in [0, 0.05) is 5.69 Å². The second-order valence-corrected chi connectivity index (χ2v) is 6.35. The zero-order chi connectivity index (χ0) is 17.1. The van der Waals surface area contributed by atoms with Crippen molar-refractivity contribution in [3.63, 3.8) is 0 Å². The molecule has 0 bridgehead atoms. The van der Waals surface area contributed by atoms with E-state index in [9.17, 15) is 4.79 Å². The Kier molecular flexibility index (Phi) is 4.71. The molecule has 3 aromatic rings. The van der Waals surface area contributed by atoms with E-state index in [0.29, 0.717) is 16.9 Å². The summed E-state index contributed by atoms with van der Waals surface area (Å²) in [6, 6.07) is 7.71. The molecule has 0 saturated heterocycles. The minimum atomic E-state index is -0.118. The SMILES string of the molecule is Cc1ccc(C)c(NC(=O)CSc2nnc(-c3ccoc3C)o2)c1. The fourth-order valence-electron chi connectivity index (χ4n) is 2.17. The minimum Gasteiger partial charge on any atom is -0.469 e. The second-order valence-electron chi connectivity index (χ2n) is 5.42. The zero-order valence-corrected chi connectivity index (χ0v) is 14.4. The van der Waals surface area contributed by atoms with Crippen molar-refractivity contribution in [1.29, 1.82) is 0 Å². The molecule has 6 nitrogen and oxygen atoms in total. The summed E-state index contributed by atoms with van der Waals surface area (Å²) in [5, 5.41) is 11.2. The first-order valence-corrected chi connectivity index (χ1v) is 8.39. The van der Waals surface area contributed by atoms with Crippen LogP contribution in [-0.4, -0.2) is 21.9 Å². The van der Waals surface area contributed by atoms with Crippen LogP contribution in [0.25, 0.3) is 11.5 Å². The number of nitrogens with zero attached hydrogens (tertiary/aromatic N) is 2. The standard InChI is InChI=1S/C17H17N3O3S/c1-10-4-5-11(2)14(8-10)18-15(21)9-24-17-20-19-16(23-17)13-6-7-22-12(13)3/h4-8H,9H2,1-3H3,(H,18,21). The van der Waals surface area contributed by atoms with Crippen molar-refractivity contribution < 1.29 is 13.6 Å². The molecule has 0 aliphatic heterocycles. The number of hydrogen-bond acceptors (Lipinski definition) is 6. The Labute approximate surface area is 143 Å². The average molecular weight is 343 g/mol. The van der Waals surface area contributed by atoms with Crippen molar-refractivity contribution in [1.82, 2.24) is 10.2 Å². The van der Waals surface area contributed by atoms with Gasteiger partial charge in [0.05, 0.1) is 17.6 Å². The highest BCUT2D eigenvalue weighted by molar-refractivity contribution is 7.99. The van der Waals surface area contributed by atoms with E-state index in [1.54, 1.807) is 12.3 Å². The highest BCUT2D eigenvalue weighted by Gasteiger charge is 2.14. The minimum absolute atomic E-state index is 0.118. The number of carbonyl (C=O) groups excluding carboxylic acids is 1. The smallest absolute Gasteiger partial charge is 0.277 e. The number of anilines is 1. The van der Waals surface area contributed by atoms with Crippen molar-refractivity contribution in [2.24, 2.45) is 0 Å². The summed E-state index contributed by atoms with van der Waals surface area (Å²) in [6.45, 7) is 5.77. The predicted octanol–water partition coefficient (Wildman–Crippen LogP) is 3.99. The summed E-state index contributed by atoms with van der Waals surface area (Å²) in [7, 11) is 0. The van der Waals surface area contributed by atoms with Crippen LogP contribution in [0.1, 0.15) is 16.9 Å². The topological polar surface area (TPSA) is 81.2 Å². The maximum absolute atomic E-state index is 12.1. The van der Waals surface area contributed by atoms with Gasteiger partial charge in [0.2, 0.25) is 5.91 Å². The fourth-order valence-corrected chi connectivity index (χ4v) is 2.73. The molecule has 0 radical (unpaired) electrons. The van der Waals surface area contributed by atoms with Crippen molar-refractivity contribution in [3.8, 4) is 11.5 Å². The molecule has 0 atom stereocenters. The van der Waals surface area contributed by atoms with Crippen LogP contribution in [0.4, 0.5) is 5.69 Å². The van der Waals surface area contributed by atoms with Gasteiger partial charge >= 0.3 is 0 Å². The van der Waals surface area contributed by atoms with Crippen LogP contribution < -0.4 is 5.32 Å². The Balaban J connectivity index is 1.60. The molecular weight excluding hydrogens is 326 g/mol. The Morgan fingerprint density at radius 2 is 2.04 bits per heavy atom. The highest BCUT2D eigenvalue weighted by atomic mass is 32.2. The first kappa shape index (κ1) is 16.3. The molecule has 124 valence electrons. The summed E-state index contributed by atoms with van der Waals surface area (Å²) in [4.78, 5) is 12.1. The Hall–Kier alpha value is -2.54. The molecule has 1 amide bonds. The molecule has 2 heterocycles. The number of hydrogen-bond donors (Lipinski definition) is 1. The predicted molar refractivity (Wildman–Crippen MR) is 92.0 cm³/mol. The number of carbonyl (C=O) groups is 1. The lowest BCUT2D eigenvalue weighted by atomic mass is 10.1. The van der Waals surface area contributed by atoms with Gasteiger partial charge in [-0.3, -0.25) is 4.79 Å². The number of thioether (sulfide) groups is 1. The monoisotopic (exact) mass is 343 g/mol. The van der Waals surface area contributed by atoms with Crippen LogP contribution in [0.5, 0.6) is 0 Å². The Bertz CT molecular complexity index is 870. The number of rotatable bonds is 5. The van der Waals surface area contributed by atoms with Crippen LogP contribution in [0.3, 0.4) is 0 Å². The van der Waals surface area contributed by atoms with Gasteiger partial charge in [0.15, 0.2) is 0 Å². The van der Waals surface area contributed by atoms with E-state index < -0.39 is 0 Å². The van der Waals surface area contributed by atoms with Crippen LogP contribution >= 0.6 is 11.8 Å². The van der Waals surface area contributed by atoms with Crippen LogP contribution in [0, 0.1) is 20.8 Å². The molecule has 0 spiro atoms. The van der Waals surface area contributed by atoms with Crippen LogP contribution in [0.15, 0.2) is 44.6 Å². The number of aryl methyl sites for hydroxylation is 3. The van der Waals surface area contributed by atoms with Crippen LogP contribution in [-0.2, 0) is 4.79 Å².